The van der Waals surface area contributed by atoms with Crippen molar-refractivity contribution in [2.24, 2.45) is 0 Å². The van der Waals surface area contributed by atoms with Gasteiger partial charge in [0.05, 0.1) is 16.1 Å². The summed E-state index contributed by atoms with van der Waals surface area (Å²) >= 11 is 1.63. The van der Waals surface area contributed by atoms with Crippen LogP contribution >= 0.6 is 11.3 Å². The molecule has 2 heterocycles. The summed E-state index contributed by atoms with van der Waals surface area (Å²) in [6, 6.07) is 0. The lowest BCUT2D eigenvalue weighted by Gasteiger charge is -1.95. The smallest absolute Gasteiger partial charge is 0.194 e. The number of hydrogen-bond donors (Lipinski definition) is 1. The first kappa shape index (κ1) is 11.3. The molecule has 16 heavy (non-hydrogen) atoms. The first-order chi connectivity index (χ1) is 7.79. The molecule has 0 aliphatic heterocycles. The van der Waals surface area contributed by atoms with E-state index in [9.17, 15) is 0 Å². The van der Waals surface area contributed by atoms with Gasteiger partial charge in [0.1, 0.15) is 0 Å². The summed E-state index contributed by atoms with van der Waals surface area (Å²) in [6.45, 7) is 2.97. The molecule has 0 amide bonds. The Morgan fingerprint density at radius 1 is 1.38 bits per heavy atom. The molecule has 1 N–H and O–H groups in total. The maximum atomic E-state index is 5.66. The SMILES string of the molecule is CNCCCc1ncc(-c2cnc(C)s2)o1. The first-order valence-electron chi connectivity index (χ1n) is 5.31. The van der Waals surface area contributed by atoms with E-state index in [0.717, 1.165) is 40.9 Å². The van der Waals surface area contributed by atoms with Crippen LogP contribution in [0, 0.1) is 6.92 Å². The third kappa shape index (κ3) is 2.68. The molecule has 5 heteroatoms. The quantitative estimate of drug-likeness (QED) is 0.810. The summed E-state index contributed by atoms with van der Waals surface area (Å²) in [4.78, 5) is 9.50. The molecule has 2 aromatic heterocycles. The monoisotopic (exact) mass is 237 g/mol. The van der Waals surface area contributed by atoms with Gasteiger partial charge < -0.3 is 9.73 Å². The van der Waals surface area contributed by atoms with Gasteiger partial charge in [-0.2, -0.15) is 0 Å². The number of aryl methyl sites for hydroxylation is 2. The van der Waals surface area contributed by atoms with E-state index in [2.05, 4.69) is 15.3 Å². The molecule has 0 aliphatic rings. The van der Waals surface area contributed by atoms with Crippen LogP contribution in [0.25, 0.3) is 10.6 Å². The Hall–Kier alpha value is -1.20. The van der Waals surface area contributed by atoms with Crippen LogP contribution in [0.3, 0.4) is 0 Å². The molecule has 0 spiro atoms. The fourth-order valence-corrected chi connectivity index (χ4v) is 2.16. The second-order valence-corrected chi connectivity index (χ2v) is 4.80. The molecule has 86 valence electrons. The lowest BCUT2D eigenvalue weighted by Crippen LogP contribution is -2.08. The molecular formula is C11H15N3OS. The molecule has 0 fully saturated rings. The van der Waals surface area contributed by atoms with Gasteiger partial charge in [-0.1, -0.05) is 0 Å². The number of hydrogen-bond acceptors (Lipinski definition) is 5. The Morgan fingerprint density at radius 3 is 2.94 bits per heavy atom. The van der Waals surface area contributed by atoms with E-state index in [0.29, 0.717) is 0 Å². The van der Waals surface area contributed by atoms with Crippen LogP contribution in [-0.4, -0.2) is 23.6 Å². The zero-order valence-corrected chi connectivity index (χ0v) is 10.3. The third-order valence-corrected chi connectivity index (χ3v) is 3.16. The van der Waals surface area contributed by atoms with Crippen molar-refractivity contribution in [3.05, 3.63) is 23.3 Å². The molecule has 0 atom stereocenters. The molecule has 2 rings (SSSR count). The molecule has 0 unspecified atom stereocenters. The van der Waals surface area contributed by atoms with Crippen molar-refractivity contribution in [1.82, 2.24) is 15.3 Å². The fourth-order valence-electron chi connectivity index (χ4n) is 1.43. The van der Waals surface area contributed by atoms with Gasteiger partial charge in [-0.25, -0.2) is 9.97 Å². The van der Waals surface area contributed by atoms with Gasteiger partial charge in [0.25, 0.3) is 0 Å². The lowest BCUT2D eigenvalue weighted by molar-refractivity contribution is 0.496. The van der Waals surface area contributed by atoms with Crippen LogP contribution in [0.4, 0.5) is 0 Å². The lowest BCUT2D eigenvalue weighted by atomic mass is 10.3. The van der Waals surface area contributed by atoms with Crippen LogP contribution in [-0.2, 0) is 6.42 Å². The standard InChI is InChI=1S/C11H15N3OS/c1-8-13-7-10(16-8)9-6-14-11(15-9)4-3-5-12-2/h6-7,12H,3-5H2,1-2H3. The molecule has 2 aromatic rings. The predicted octanol–water partition coefficient (Wildman–Crippen LogP) is 2.26. The Kier molecular flexibility index (Phi) is 3.69. The van der Waals surface area contributed by atoms with Crippen molar-refractivity contribution in [2.75, 3.05) is 13.6 Å². The van der Waals surface area contributed by atoms with E-state index in [1.54, 1.807) is 17.5 Å². The molecule has 4 nitrogen and oxygen atoms in total. The second kappa shape index (κ2) is 5.23. The summed E-state index contributed by atoms with van der Waals surface area (Å²) in [7, 11) is 1.95. The van der Waals surface area contributed by atoms with Gasteiger partial charge in [0.2, 0.25) is 0 Å². The van der Waals surface area contributed by atoms with Crippen molar-refractivity contribution in [2.45, 2.75) is 19.8 Å². The van der Waals surface area contributed by atoms with Crippen LogP contribution in [0.15, 0.2) is 16.8 Å². The minimum atomic E-state index is 0.802. The predicted molar refractivity (Wildman–Crippen MR) is 64.6 cm³/mol. The maximum Gasteiger partial charge on any atom is 0.194 e. The Morgan fingerprint density at radius 2 is 2.25 bits per heavy atom. The van der Waals surface area contributed by atoms with Crippen LogP contribution < -0.4 is 5.32 Å². The highest BCUT2D eigenvalue weighted by atomic mass is 32.1. The average Bonchev–Trinajstić information content (AvgIpc) is 2.87. The van der Waals surface area contributed by atoms with Crippen molar-refractivity contribution >= 4 is 11.3 Å². The van der Waals surface area contributed by atoms with Crippen LogP contribution in [0.5, 0.6) is 0 Å². The summed E-state index contributed by atoms with van der Waals surface area (Å²) < 4.78 is 5.66. The zero-order chi connectivity index (χ0) is 11.4. The van der Waals surface area contributed by atoms with E-state index in [1.807, 2.05) is 20.2 Å². The third-order valence-electron chi connectivity index (χ3n) is 2.24. The van der Waals surface area contributed by atoms with E-state index >= 15 is 0 Å². The maximum absolute atomic E-state index is 5.66. The molecule has 0 aliphatic carbocycles. The van der Waals surface area contributed by atoms with Crippen molar-refractivity contribution < 1.29 is 4.42 Å². The van der Waals surface area contributed by atoms with Crippen LogP contribution in [0.2, 0.25) is 0 Å². The minimum absolute atomic E-state index is 0.802. The molecular weight excluding hydrogens is 222 g/mol. The van der Waals surface area contributed by atoms with E-state index < -0.39 is 0 Å². The zero-order valence-electron chi connectivity index (χ0n) is 9.49. The molecule has 0 aromatic carbocycles. The summed E-state index contributed by atoms with van der Waals surface area (Å²) in [6.07, 6.45) is 5.52. The highest BCUT2D eigenvalue weighted by Crippen LogP contribution is 2.26. The van der Waals surface area contributed by atoms with Gasteiger partial charge >= 0.3 is 0 Å². The Labute approximate surface area is 98.7 Å². The van der Waals surface area contributed by atoms with Crippen LogP contribution in [0.1, 0.15) is 17.3 Å². The second-order valence-electron chi connectivity index (χ2n) is 3.57. The number of aromatic nitrogens is 2. The largest absolute Gasteiger partial charge is 0.440 e. The molecule has 0 radical (unpaired) electrons. The number of thiazole rings is 1. The Bertz CT molecular complexity index is 450. The highest BCUT2D eigenvalue weighted by molar-refractivity contribution is 7.14. The van der Waals surface area contributed by atoms with Crippen molar-refractivity contribution in [1.29, 1.82) is 0 Å². The normalized spacial score (nSPS) is 10.9. The van der Waals surface area contributed by atoms with E-state index in [-0.39, 0.29) is 0 Å². The van der Waals surface area contributed by atoms with Gasteiger partial charge in [0.15, 0.2) is 11.7 Å². The number of nitrogens with one attached hydrogen (secondary N) is 1. The van der Waals surface area contributed by atoms with Crippen molar-refractivity contribution in [3.8, 4) is 10.6 Å². The van der Waals surface area contributed by atoms with Gasteiger partial charge in [-0.3, -0.25) is 0 Å². The number of nitrogens with zero attached hydrogens (tertiary/aromatic N) is 2. The molecule has 0 saturated carbocycles. The fraction of sp³-hybridized carbons (Fsp3) is 0.455. The number of oxazole rings is 1. The van der Waals surface area contributed by atoms with Crippen molar-refractivity contribution in [3.63, 3.8) is 0 Å². The van der Waals surface area contributed by atoms with Gasteiger partial charge in [-0.15, -0.1) is 11.3 Å². The topological polar surface area (TPSA) is 51.0 Å². The number of rotatable bonds is 5. The summed E-state index contributed by atoms with van der Waals surface area (Å²) in [5.74, 6) is 1.63. The summed E-state index contributed by atoms with van der Waals surface area (Å²) in [5, 5.41) is 4.15. The Balaban J connectivity index is 2.02. The minimum Gasteiger partial charge on any atom is -0.440 e. The first-order valence-corrected chi connectivity index (χ1v) is 6.13. The van der Waals surface area contributed by atoms with E-state index in [4.69, 9.17) is 4.42 Å². The average molecular weight is 237 g/mol. The summed E-state index contributed by atoms with van der Waals surface area (Å²) in [5.41, 5.74) is 0. The van der Waals surface area contributed by atoms with Gasteiger partial charge in [0, 0.05) is 12.6 Å². The highest BCUT2D eigenvalue weighted by Gasteiger charge is 2.08. The van der Waals surface area contributed by atoms with E-state index in [1.165, 1.54) is 0 Å². The molecule has 0 bridgehead atoms. The van der Waals surface area contributed by atoms with Gasteiger partial charge in [-0.05, 0) is 26.9 Å². The molecule has 0 saturated heterocycles.